The van der Waals surface area contributed by atoms with E-state index in [1.807, 2.05) is 0 Å². The molecule has 0 bridgehead atoms. The molecule has 2 rings (SSSR count). The minimum atomic E-state index is 0.648. The molecule has 1 heterocycles. The highest BCUT2D eigenvalue weighted by molar-refractivity contribution is 5.48. The van der Waals surface area contributed by atoms with Crippen molar-refractivity contribution < 1.29 is 4.74 Å². The van der Waals surface area contributed by atoms with E-state index in [0.717, 1.165) is 26.1 Å². The van der Waals surface area contributed by atoms with E-state index in [2.05, 4.69) is 40.5 Å². The number of para-hydroxylation sites is 1. The molecule has 0 aliphatic carbocycles. The van der Waals surface area contributed by atoms with Crippen LogP contribution in [0.25, 0.3) is 0 Å². The Morgan fingerprint density at radius 2 is 2.17 bits per heavy atom. The molecule has 1 aromatic rings. The number of nitrogens with one attached hydrogen (secondary N) is 1. The maximum absolute atomic E-state index is 5.05. The number of ether oxygens (including phenoxy) is 1. The second kappa shape index (κ2) is 7.39. The fourth-order valence-corrected chi connectivity index (χ4v) is 2.62. The van der Waals surface area contributed by atoms with Crippen LogP contribution in [0.15, 0.2) is 30.3 Å². The lowest BCUT2D eigenvalue weighted by Gasteiger charge is -2.27. The highest BCUT2D eigenvalue weighted by Crippen LogP contribution is 2.24. The third-order valence-electron chi connectivity index (χ3n) is 3.55. The highest BCUT2D eigenvalue weighted by Gasteiger charge is 2.23. The monoisotopic (exact) mass is 248 g/mol. The largest absolute Gasteiger partial charge is 0.385 e. The number of methoxy groups -OCH3 is 1. The minimum Gasteiger partial charge on any atom is -0.385 e. The van der Waals surface area contributed by atoms with Crippen LogP contribution in [0.2, 0.25) is 0 Å². The number of benzene rings is 1. The van der Waals surface area contributed by atoms with Gasteiger partial charge >= 0.3 is 0 Å². The Morgan fingerprint density at radius 1 is 1.33 bits per heavy atom. The normalized spacial score (nSPS) is 19.4. The third-order valence-corrected chi connectivity index (χ3v) is 3.55. The van der Waals surface area contributed by atoms with Gasteiger partial charge in [-0.2, -0.15) is 0 Å². The van der Waals surface area contributed by atoms with Gasteiger partial charge in [-0.25, -0.2) is 0 Å². The maximum atomic E-state index is 5.05. The molecule has 3 heteroatoms. The second-order valence-electron chi connectivity index (χ2n) is 4.88. The van der Waals surface area contributed by atoms with Gasteiger partial charge in [0.15, 0.2) is 0 Å². The van der Waals surface area contributed by atoms with Crippen LogP contribution in [-0.2, 0) is 4.74 Å². The van der Waals surface area contributed by atoms with Gasteiger partial charge in [0, 0.05) is 38.5 Å². The topological polar surface area (TPSA) is 24.5 Å². The summed E-state index contributed by atoms with van der Waals surface area (Å²) < 4.78 is 5.05. The van der Waals surface area contributed by atoms with Crippen molar-refractivity contribution in [2.75, 3.05) is 38.3 Å². The molecule has 0 amide bonds. The van der Waals surface area contributed by atoms with Gasteiger partial charge in [0.1, 0.15) is 0 Å². The molecule has 1 aliphatic rings. The first-order chi connectivity index (χ1) is 8.92. The van der Waals surface area contributed by atoms with E-state index in [9.17, 15) is 0 Å². The number of nitrogens with zero attached hydrogens (tertiary/aromatic N) is 1. The standard InChI is InChI=1S/C15H24N2O/c1-18-12-6-10-16-13-15-9-5-11-17(15)14-7-3-2-4-8-14/h2-4,7-8,15-16H,5-6,9-13H2,1H3. The molecule has 1 N–H and O–H groups in total. The van der Waals surface area contributed by atoms with Gasteiger partial charge < -0.3 is 15.0 Å². The summed E-state index contributed by atoms with van der Waals surface area (Å²) in [6, 6.07) is 11.4. The molecule has 0 saturated carbocycles. The molecule has 0 radical (unpaired) electrons. The second-order valence-corrected chi connectivity index (χ2v) is 4.88. The summed E-state index contributed by atoms with van der Waals surface area (Å²) in [6.45, 7) is 4.17. The highest BCUT2D eigenvalue weighted by atomic mass is 16.5. The third kappa shape index (κ3) is 3.72. The van der Waals surface area contributed by atoms with E-state index in [4.69, 9.17) is 4.74 Å². The van der Waals surface area contributed by atoms with Crippen molar-refractivity contribution in [1.29, 1.82) is 0 Å². The molecular formula is C15H24N2O. The molecule has 1 unspecified atom stereocenters. The number of rotatable bonds is 7. The lowest BCUT2D eigenvalue weighted by Crippen LogP contribution is -2.38. The average molecular weight is 248 g/mol. The SMILES string of the molecule is COCCCNCC1CCCN1c1ccccc1. The van der Waals surface area contributed by atoms with Crippen LogP contribution in [0.1, 0.15) is 19.3 Å². The van der Waals surface area contributed by atoms with E-state index in [-0.39, 0.29) is 0 Å². The van der Waals surface area contributed by atoms with Crippen LogP contribution in [0.4, 0.5) is 5.69 Å². The molecule has 100 valence electrons. The van der Waals surface area contributed by atoms with Crippen LogP contribution < -0.4 is 10.2 Å². The molecular weight excluding hydrogens is 224 g/mol. The van der Waals surface area contributed by atoms with E-state index in [1.54, 1.807) is 7.11 Å². The molecule has 18 heavy (non-hydrogen) atoms. The fourth-order valence-electron chi connectivity index (χ4n) is 2.62. The lowest BCUT2D eigenvalue weighted by molar-refractivity contribution is 0.194. The summed E-state index contributed by atoms with van der Waals surface area (Å²) in [6.07, 6.45) is 3.69. The van der Waals surface area contributed by atoms with Gasteiger partial charge in [-0.05, 0) is 37.9 Å². The Kier molecular flexibility index (Phi) is 5.49. The van der Waals surface area contributed by atoms with Gasteiger partial charge in [0.2, 0.25) is 0 Å². The van der Waals surface area contributed by atoms with Crippen molar-refractivity contribution in [2.24, 2.45) is 0 Å². The minimum absolute atomic E-state index is 0.648. The molecule has 1 atom stereocenters. The Labute approximate surface area is 110 Å². The number of anilines is 1. The van der Waals surface area contributed by atoms with Crippen LogP contribution in [0, 0.1) is 0 Å². The van der Waals surface area contributed by atoms with Gasteiger partial charge in [-0.15, -0.1) is 0 Å². The molecule has 1 fully saturated rings. The maximum Gasteiger partial charge on any atom is 0.0474 e. The van der Waals surface area contributed by atoms with Crippen molar-refractivity contribution in [2.45, 2.75) is 25.3 Å². The Bertz CT molecular complexity index is 329. The van der Waals surface area contributed by atoms with E-state index in [1.165, 1.54) is 25.1 Å². The van der Waals surface area contributed by atoms with Gasteiger partial charge in [0.05, 0.1) is 0 Å². The number of hydrogen-bond donors (Lipinski definition) is 1. The van der Waals surface area contributed by atoms with Crippen molar-refractivity contribution in [3.63, 3.8) is 0 Å². The van der Waals surface area contributed by atoms with Crippen LogP contribution >= 0.6 is 0 Å². The number of hydrogen-bond acceptors (Lipinski definition) is 3. The molecule has 1 saturated heterocycles. The fraction of sp³-hybridized carbons (Fsp3) is 0.600. The van der Waals surface area contributed by atoms with Gasteiger partial charge in [-0.1, -0.05) is 18.2 Å². The zero-order valence-electron chi connectivity index (χ0n) is 11.3. The quantitative estimate of drug-likeness (QED) is 0.749. The Balaban J connectivity index is 1.77. The summed E-state index contributed by atoms with van der Waals surface area (Å²) >= 11 is 0. The first-order valence-corrected chi connectivity index (χ1v) is 6.93. The zero-order chi connectivity index (χ0) is 12.6. The summed E-state index contributed by atoms with van der Waals surface area (Å²) in [5.74, 6) is 0. The summed E-state index contributed by atoms with van der Waals surface area (Å²) in [7, 11) is 1.76. The summed E-state index contributed by atoms with van der Waals surface area (Å²) in [4.78, 5) is 2.53. The molecule has 0 aromatic heterocycles. The van der Waals surface area contributed by atoms with E-state index >= 15 is 0 Å². The Morgan fingerprint density at radius 3 is 2.94 bits per heavy atom. The van der Waals surface area contributed by atoms with Crippen molar-refractivity contribution in [3.05, 3.63) is 30.3 Å². The summed E-state index contributed by atoms with van der Waals surface area (Å²) in [5.41, 5.74) is 1.36. The van der Waals surface area contributed by atoms with Crippen molar-refractivity contribution in [1.82, 2.24) is 5.32 Å². The molecule has 0 spiro atoms. The first-order valence-electron chi connectivity index (χ1n) is 6.93. The molecule has 1 aliphatic heterocycles. The van der Waals surface area contributed by atoms with Crippen molar-refractivity contribution >= 4 is 5.69 Å². The van der Waals surface area contributed by atoms with E-state index in [0.29, 0.717) is 6.04 Å². The van der Waals surface area contributed by atoms with Gasteiger partial charge in [-0.3, -0.25) is 0 Å². The van der Waals surface area contributed by atoms with Crippen LogP contribution in [0.3, 0.4) is 0 Å². The predicted molar refractivity (Wildman–Crippen MR) is 76.2 cm³/mol. The predicted octanol–water partition coefficient (Wildman–Crippen LogP) is 2.28. The van der Waals surface area contributed by atoms with Crippen LogP contribution in [0.5, 0.6) is 0 Å². The van der Waals surface area contributed by atoms with Gasteiger partial charge in [0.25, 0.3) is 0 Å². The van der Waals surface area contributed by atoms with E-state index < -0.39 is 0 Å². The smallest absolute Gasteiger partial charge is 0.0474 e. The summed E-state index contributed by atoms with van der Waals surface area (Å²) in [5, 5.41) is 3.54. The first kappa shape index (κ1) is 13.4. The molecule has 1 aromatic carbocycles. The average Bonchev–Trinajstić information content (AvgIpc) is 2.88. The van der Waals surface area contributed by atoms with Crippen molar-refractivity contribution in [3.8, 4) is 0 Å². The Hall–Kier alpha value is -1.06. The van der Waals surface area contributed by atoms with Crippen LogP contribution in [-0.4, -0.2) is 39.4 Å². The molecule has 3 nitrogen and oxygen atoms in total. The zero-order valence-corrected chi connectivity index (χ0v) is 11.3. The lowest BCUT2D eigenvalue weighted by atomic mass is 10.2.